The highest BCUT2D eigenvalue weighted by Crippen LogP contribution is 2.09. The topological polar surface area (TPSA) is 66.4 Å². The summed E-state index contributed by atoms with van der Waals surface area (Å²) in [7, 11) is 0. The summed E-state index contributed by atoms with van der Waals surface area (Å²) in [4.78, 5) is 21.1. The first-order valence-electron chi connectivity index (χ1n) is 8.44. The Morgan fingerprint density at radius 2 is 1.93 bits per heavy atom. The van der Waals surface area contributed by atoms with Crippen LogP contribution in [0.15, 0.2) is 78.0 Å². The molecular formula is C21H19FN4O. The van der Waals surface area contributed by atoms with Crippen molar-refractivity contribution in [2.45, 2.75) is 13.5 Å². The number of rotatable bonds is 4. The summed E-state index contributed by atoms with van der Waals surface area (Å²) < 4.78 is 13.1. The third kappa shape index (κ3) is 5.47. The van der Waals surface area contributed by atoms with E-state index in [2.05, 4.69) is 20.6 Å². The van der Waals surface area contributed by atoms with Gasteiger partial charge in [-0.1, -0.05) is 23.8 Å². The number of hydrogen-bond donors (Lipinski definition) is 2. The number of hydrogen-bond acceptors (Lipinski definition) is 3. The monoisotopic (exact) mass is 362 g/mol. The number of anilines is 1. The van der Waals surface area contributed by atoms with Crippen LogP contribution in [0.4, 0.5) is 10.1 Å². The number of carbonyl (C=O) groups is 1. The Bertz CT molecular complexity index is 940. The van der Waals surface area contributed by atoms with Crippen molar-refractivity contribution in [1.29, 1.82) is 0 Å². The summed E-state index contributed by atoms with van der Waals surface area (Å²) in [6.07, 6.45) is 3.39. The van der Waals surface area contributed by atoms with Gasteiger partial charge in [0.2, 0.25) is 5.96 Å². The van der Waals surface area contributed by atoms with Gasteiger partial charge < -0.3 is 5.32 Å². The number of carbonyl (C=O) groups excluding carboxylic acids is 1. The minimum Gasteiger partial charge on any atom is -0.326 e. The highest BCUT2D eigenvalue weighted by molar-refractivity contribution is 6.10. The largest absolute Gasteiger partial charge is 0.326 e. The molecule has 2 N–H and O–H groups in total. The lowest BCUT2D eigenvalue weighted by Gasteiger charge is -2.12. The Labute approximate surface area is 157 Å². The maximum Gasteiger partial charge on any atom is 0.257 e. The molecule has 0 spiro atoms. The molecule has 0 saturated carbocycles. The van der Waals surface area contributed by atoms with Crippen LogP contribution in [0.3, 0.4) is 0 Å². The summed E-state index contributed by atoms with van der Waals surface area (Å²) in [5.74, 6) is -0.339. The van der Waals surface area contributed by atoms with Crippen LogP contribution in [-0.4, -0.2) is 16.9 Å². The van der Waals surface area contributed by atoms with Crippen LogP contribution < -0.4 is 10.6 Å². The van der Waals surface area contributed by atoms with E-state index < -0.39 is 0 Å². The van der Waals surface area contributed by atoms with Crippen LogP contribution >= 0.6 is 0 Å². The molecular weight excluding hydrogens is 343 g/mol. The highest BCUT2D eigenvalue weighted by atomic mass is 19.1. The fraction of sp³-hybridized carbons (Fsp3) is 0.0952. The molecule has 3 aromatic rings. The van der Waals surface area contributed by atoms with Crippen LogP contribution in [0.1, 0.15) is 21.5 Å². The van der Waals surface area contributed by atoms with Crippen molar-refractivity contribution in [3.63, 3.8) is 0 Å². The van der Waals surface area contributed by atoms with Gasteiger partial charge in [-0.15, -0.1) is 0 Å². The van der Waals surface area contributed by atoms with Gasteiger partial charge in [0.1, 0.15) is 5.82 Å². The van der Waals surface area contributed by atoms with E-state index in [9.17, 15) is 9.18 Å². The molecule has 0 saturated heterocycles. The van der Waals surface area contributed by atoms with Crippen LogP contribution in [0, 0.1) is 12.7 Å². The number of amides is 1. The third-order valence-electron chi connectivity index (χ3n) is 3.76. The molecule has 3 rings (SSSR count). The molecule has 5 nitrogen and oxygen atoms in total. The molecule has 0 radical (unpaired) electrons. The molecule has 1 amide bonds. The zero-order valence-electron chi connectivity index (χ0n) is 14.8. The number of aromatic nitrogens is 1. The molecule has 0 aliphatic carbocycles. The molecule has 136 valence electrons. The maximum atomic E-state index is 13.1. The summed E-state index contributed by atoms with van der Waals surface area (Å²) in [5.41, 5.74) is 3.04. The van der Waals surface area contributed by atoms with Crippen molar-refractivity contribution in [2.24, 2.45) is 4.99 Å². The number of nitrogens with zero attached hydrogens (tertiary/aromatic N) is 2. The molecule has 6 heteroatoms. The lowest BCUT2D eigenvalue weighted by atomic mass is 10.1. The Balaban J connectivity index is 1.79. The average molecular weight is 362 g/mol. The predicted octanol–water partition coefficient (Wildman–Crippen LogP) is 3.93. The number of nitrogens with one attached hydrogen (secondary N) is 2. The summed E-state index contributed by atoms with van der Waals surface area (Å²) in [5, 5.41) is 5.80. The van der Waals surface area contributed by atoms with Crippen molar-refractivity contribution in [2.75, 3.05) is 5.32 Å². The number of guanidine groups is 1. The van der Waals surface area contributed by atoms with Crippen LogP contribution in [0.5, 0.6) is 0 Å². The van der Waals surface area contributed by atoms with Gasteiger partial charge in [-0.05, 0) is 55.0 Å². The van der Waals surface area contributed by atoms with Crippen LogP contribution in [-0.2, 0) is 6.54 Å². The summed E-state index contributed by atoms with van der Waals surface area (Å²) in [6.45, 7) is 2.26. The molecule has 2 aromatic carbocycles. The Kier molecular flexibility index (Phi) is 5.89. The van der Waals surface area contributed by atoms with Crippen molar-refractivity contribution in [1.82, 2.24) is 10.3 Å². The molecule has 1 aromatic heterocycles. The quantitative estimate of drug-likeness (QED) is 0.546. The van der Waals surface area contributed by atoms with Crippen molar-refractivity contribution in [3.05, 3.63) is 95.6 Å². The Morgan fingerprint density at radius 3 is 2.63 bits per heavy atom. The van der Waals surface area contributed by atoms with E-state index in [1.54, 1.807) is 36.7 Å². The first kappa shape index (κ1) is 18.3. The van der Waals surface area contributed by atoms with Gasteiger partial charge in [-0.25, -0.2) is 9.38 Å². The molecule has 0 bridgehead atoms. The van der Waals surface area contributed by atoms with Crippen LogP contribution in [0.2, 0.25) is 0 Å². The SMILES string of the molecule is Cc1cccc(C(=O)NC(=NCc2cccnc2)Nc2ccc(F)cc2)c1. The van der Waals surface area contributed by atoms with Gasteiger partial charge in [0.05, 0.1) is 6.54 Å². The maximum absolute atomic E-state index is 13.1. The molecule has 1 heterocycles. The number of pyridine rings is 1. The first-order valence-corrected chi connectivity index (χ1v) is 8.44. The molecule has 0 aliphatic heterocycles. The second-order valence-electron chi connectivity index (χ2n) is 5.98. The predicted molar refractivity (Wildman–Crippen MR) is 104 cm³/mol. The number of aryl methyl sites for hydroxylation is 1. The van der Waals surface area contributed by atoms with E-state index >= 15 is 0 Å². The van der Waals surface area contributed by atoms with Gasteiger partial charge in [0.15, 0.2) is 0 Å². The molecule has 0 unspecified atom stereocenters. The summed E-state index contributed by atoms with van der Waals surface area (Å²) >= 11 is 0. The highest BCUT2D eigenvalue weighted by Gasteiger charge is 2.10. The van der Waals surface area contributed by atoms with Gasteiger partial charge in [0.25, 0.3) is 5.91 Å². The van der Waals surface area contributed by atoms with Gasteiger partial charge in [-0.2, -0.15) is 0 Å². The first-order chi connectivity index (χ1) is 13.1. The lowest BCUT2D eigenvalue weighted by Crippen LogP contribution is -2.36. The van der Waals surface area contributed by atoms with Gasteiger partial charge in [-0.3, -0.25) is 15.1 Å². The minimum absolute atomic E-state index is 0.275. The Hall–Kier alpha value is -3.54. The van der Waals surface area contributed by atoms with E-state index in [0.29, 0.717) is 17.8 Å². The smallest absolute Gasteiger partial charge is 0.257 e. The molecule has 0 aliphatic rings. The number of benzene rings is 2. The fourth-order valence-corrected chi connectivity index (χ4v) is 2.41. The van der Waals surface area contributed by atoms with Crippen molar-refractivity contribution < 1.29 is 9.18 Å². The number of halogens is 1. The minimum atomic E-state index is -0.335. The van der Waals surface area contributed by atoms with Crippen molar-refractivity contribution >= 4 is 17.6 Å². The molecule has 0 atom stereocenters. The normalized spacial score (nSPS) is 11.1. The zero-order chi connectivity index (χ0) is 19.1. The average Bonchev–Trinajstić information content (AvgIpc) is 2.68. The van der Waals surface area contributed by atoms with Gasteiger partial charge in [0, 0.05) is 23.6 Å². The van der Waals surface area contributed by atoms with Crippen molar-refractivity contribution in [3.8, 4) is 0 Å². The lowest BCUT2D eigenvalue weighted by molar-refractivity contribution is 0.0977. The fourth-order valence-electron chi connectivity index (χ4n) is 2.41. The Morgan fingerprint density at radius 1 is 1.11 bits per heavy atom. The summed E-state index contributed by atoms with van der Waals surface area (Å²) in [6, 6.07) is 16.8. The zero-order valence-corrected chi connectivity index (χ0v) is 14.8. The molecule has 27 heavy (non-hydrogen) atoms. The van der Waals surface area contributed by atoms with E-state index in [-0.39, 0.29) is 17.7 Å². The molecule has 0 fully saturated rings. The van der Waals surface area contributed by atoms with E-state index in [1.165, 1.54) is 12.1 Å². The second kappa shape index (κ2) is 8.71. The van der Waals surface area contributed by atoms with Gasteiger partial charge >= 0.3 is 0 Å². The number of aliphatic imine (C=N–C) groups is 1. The standard InChI is InChI=1S/C21H19FN4O/c1-15-4-2-6-17(12-15)20(27)26-21(24-14-16-5-3-11-23-13-16)25-19-9-7-18(22)8-10-19/h2-13H,14H2,1H3,(H2,24,25,26,27). The van der Waals surface area contributed by atoms with E-state index in [1.807, 2.05) is 31.2 Å². The second-order valence-corrected chi connectivity index (χ2v) is 5.98. The van der Waals surface area contributed by atoms with E-state index in [4.69, 9.17) is 0 Å². The van der Waals surface area contributed by atoms with Crippen LogP contribution in [0.25, 0.3) is 0 Å². The van der Waals surface area contributed by atoms with E-state index in [0.717, 1.165) is 11.1 Å². The third-order valence-corrected chi connectivity index (χ3v) is 3.76.